The van der Waals surface area contributed by atoms with Crippen molar-refractivity contribution in [2.75, 3.05) is 25.1 Å². The highest BCUT2D eigenvalue weighted by molar-refractivity contribution is 9.10. The second-order valence-electron chi connectivity index (χ2n) is 7.41. The number of carbonyl (C=O) groups excluding carboxylic acids is 2. The summed E-state index contributed by atoms with van der Waals surface area (Å²) in [6.07, 6.45) is 2.58. The second kappa shape index (κ2) is 8.55. The lowest BCUT2D eigenvalue weighted by Gasteiger charge is -2.38. The van der Waals surface area contributed by atoms with Gasteiger partial charge in [0.1, 0.15) is 5.75 Å². The van der Waals surface area contributed by atoms with E-state index in [0.717, 1.165) is 21.3 Å². The van der Waals surface area contributed by atoms with Gasteiger partial charge in [0, 0.05) is 29.8 Å². The van der Waals surface area contributed by atoms with Gasteiger partial charge in [0.05, 0.1) is 5.54 Å². The zero-order chi connectivity index (χ0) is 20.3. The van der Waals surface area contributed by atoms with Gasteiger partial charge in [0.15, 0.2) is 6.61 Å². The fourth-order valence-corrected chi connectivity index (χ4v) is 4.29. The van der Waals surface area contributed by atoms with Crippen molar-refractivity contribution in [3.63, 3.8) is 0 Å². The molecule has 1 saturated heterocycles. The van der Waals surface area contributed by atoms with E-state index in [1.54, 1.807) is 6.07 Å². The summed E-state index contributed by atoms with van der Waals surface area (Å²) >= 11 is 3.52. The Kier molecular flexibility index (Phi) is 5.87. The normalized spacial score (nSPS) is 17.8. The van der Waals surface area contributed by atoms with Crippen LogP contribution in [-0.4, -0.2) is 31.6 Å². The monoisotopic (exact) mass is 458 g/mol. The highest BCUT2D eigenvalue weighted by Gasteiger charge is 2.36. The van der Waals surface area contributed by atoms with Crippen LogP contribution in [0.5, 0.6) is 5.75 Å². The maximum atomic E-state index is 12.7. The molecule has 2 amide bonds. The zero-order valence-electron chi connectivity index (χ0n) is 16.0. The van der Waals surface area contributed by atoms with Crippen molar-refractivity contribution in [3.05, 3.63) is 58.1 Å². The van der Waals surface area contributed by atoms with Crippen molar-refractivity contribution < 1.29 is 19.1 Å². The minimum absolute atomic E-state index is 0.0276. The fourth-order valence-electron chi connectivity index (χ4n) is 3.89. The number of aryl methyl sites for hydroxylation is 1. The van der Waals surface area contributed by atoms with Gasteiger partial charge in [0.25, 0.3) is 5.91 Å². The van der Waals surface area contributed by atoms with Crippen molar-refractivity contribution in [2.45, 2.75) is 31.2 Å². The summed E-state index contributed by atoms with van der Waals surface area (Å²) in [5.41, 5.74) is 2.45. The van der Waals surface area contributed by atoms with Gasteiger partial charge in [-0.25, -0.2) is 0 Å². The number of fused-ring (bicyclic) bond motifs is 1. The highest BCUT2D eigenvalue weighted by atomic mass is 79.9. The maximum absolute atomic E-state index is 12.7. The highest BCUT2D eigenvalue weighted by Crippen LogP contribution is 2.33. The average Bonchev–Trinajstić information content (AvgIpc) is 2.73. The van der Waals surface area contributed by atoms with Crippen molar-refractivity contribution in [1.82, 2.24) is 5.32 Å². The molecule has 2 aliphatic heterocycles. The third-order valence-corrected chi connectivity index (χ3v) is 5.94. The number of halogens is 1. The van der Waals surface area contributed by atoms with E-state index in [1.807, 2.05) is 36.4 Å². The summed E-state index contributed by atoms with van der Waals surface area (Å²) in [6.45, 7) is 1.14. The fraction of sp³-hybridized carbons (Fsp3) is 0.364. The summed E-state index contributed by atoms with van der Waals surface area (Å²) in [5.74, 6) is 0.483. The molecular weight excluding hydrogens is 436 g/mol. The number of anilines is 1. The van der Waals surface area contributed by atoms with E-state index >= 15 is 0 Å². The van der Waals surface area contributed by atoms with E-state index in [4.69, 9.17) is 9.47 Å². The van der Waals surface area contributed by atoms with Gasteiger partial charge in [-0.2, -0.15) is 0 Å². The average molecular weight is 459 g/mol. The lowest BCUT2D eigenvalue weighted by Crippen LogP contribution is -2.50. The first kappa shape index (κ1) is 19.9. The van der Waals surface area contributed by atoms with E-state index in [0.29, 0.717) is 44.6 Å². The SMILES string of the molecule is O=C1CCc2cc(OCC(=O)NC3(c4cccc(Br)c4)CCOCC3)ccc2N1. The molecule has 0 bridgehead atoms. The molecule has 2 N–H and O–H groups in total. The number of benzene rings is 2. The molecule has 0 unspecified atom stereocenters. The number of hydrogen-bond donors (Lipinski definition) is 2. The van der Waals surface area contributed by atoms with Crippen LogP contribution in [0.4, 0.5) is 5.69 Å². The molecule has 29 heavy (non-hydrogen) atoms. The summed E-state index contributed by atoms with van der Waals surface area (Å²) < 4.78 is 12.2. The third-order valence-electron chi connectivity index (χ3n) is 5.44. The lowest BCUT2D eigenvalue weighted by molar-refractivity contribution is -0.126. The third kappa shape index (κ3) is 4.62. The Morgan fingerprint density at radius 1 is 1.17 bits per heavy atom. The molecule has 2 aromatic carbocycles. The van der Waals surface area contributed by atoms with Gasteiger partial charge in [-0.1, -0.05) is 28.1 Å². The van der Waals surface area contributed by atoms with Gasteiger partial charge < -0.3 is 20.1 Å². The van der Waals surface area contributed by atoms with Crippen LogP contribution in [0.2, 0.25) is 0 Å². The molecule has 7 heteroatoms. The predicted molar refractivity (Wildman–Crippen MR) is 113 cm³/mol. The summed E-state index contributed by atoms with van der Waals surface area (Å²) in [4.78, 5) is 24.2. The van der Waals surface area contributed by atoms with Gasteiger partial charge in [0.2, 0.25) is 5.91 Å². The van der Waals surface area contributed by atoms with E-state index in [-0.39, 0.29) is 18.4 Å². The van der Waals surface area contributed by atoms with Crippen LogP contribution >= 0.6 is 15.9 Å². The summed E-state index contributed by atoms with van der Waals surface area (Å²) in [7, 11) is 0. The van der Waals surface area contributed by atoms with Crippen molar-refractivity contribution in [2.24, 2.45) is 0 Å². The maximum Gasteiger partial charge on any atom is 0.258 e. The smallest absolute Gasteiger partial charge is 0.258 e. The summed E-state index contributed by atoms with van der Waals surface area (Å²) in [5, 5.41) is 6.04. The van der Waals surface area contributed by atoms with Crippen LogP contribution in [0.3, 0.4) is 0 Å². The van der Waals surface area contributed by atoms with Crippen LogP contribution in [0.25, 0.3) is 0 Å². The molecule has 2 heterocycles. The number of ether oxygens (including phenoxy) is 2. The zero-order valence-corrected chi connectivity index (χ0v) is 17.6. The Labute approximate surface area is 178 Å². The molecule has 6 nitrogen and oxygen atoms in total. The first-order valence-electron chi connectivity index (χ1n) is 9.74. The molecule has 0 spiro atoms. The Bertz CT molecular complexity index is 925. The van der Waals surface area contributed by atoms with E-state index < -0.39 is 5.54 Å². The van der Waals surface area contributed by atoms with E-state index in [2.05, 4.69) is 26.6 Å². The topological polar surface area (TPSA) is 76.7 Å². The first-order chi connectivity index (χ1) is 14.0. The summed E-state index contributed by atoms with van der Waals surface area (Å²) in [6, 6.07) is 13.5. The Morgan fingerprint density at radius 2 is 2.00 bits per heavy atom. The molecule has 4 rings (SSSR count). The number of nitrogens with one attached hydrogen (secondary N) is 2. The Morgan fingerprint density at radius 3 is 2.79 bits per heavy atom. The van der Waals surface area contributed by atoms with Gasteiger partial charge >= 0.3 is 0 Å². The van der Waals surface area contributed by atoms with Crippen molar-refractivity contribution in [3.8, 4) is 5.75 Å². The van der Waals surface area contributed by atoms with E-state index in [9.17, 15) is 9.59 Å². The molecular formula is C22H23BrN2O4. The van der Waals surface area contributed by atoms with Gasteiger partial charge in [-0.3, -0.25) is 9.59 Å². The first-order valence-corrected chi connectivity index (χ1v) is 10.5. The molecule has 152 valence electrons. The van der Waals surface area contributed by atoms with Crippen LogP contribution < -0.4 is 15.4 Å². The molecule has 0 radical (unpaired) electrons. The van der Waals surface area contributed by atoms with Crippen molar-refractivity contribution >= 4 is 33.4 Å². The van der Waals surface area contributed by atoms with Crippen LogP contribution in [0.1, 0.15) is 30.4 Å². The Balaban J connectivity index is 1.43. The van der Waals surface area contributed by atoms with Crippen molar-refractivity contribution in [1.29, 1.82) is 0 Å². The lowest BCUT2D eigenvalue weighted by atomic mass is 9.82. The van der Waals surface area contributed by atoms with Crippen LogP contribution in [-0.2, 0) is 26.3 Å². The number of rotatable bonds is 5. The number of carbonyl (C=O) groups is 2. The predicted octanol–water partition coefficient (Wildman–Crippen LogP) is 3.53. The number of amides is 2. The minimum atomic E-state index is -0.456. The Hall–Kier alpha value is -2.38. The van der Waals surface area contributed by atoms with Gasteiger partial charge in [-0.15, -0.1) is 0 Å². The quantitative estimate of drug-likeness (QED) is 0.718. The second-order valence-corrected chi connectivity index (χ2v) is 8.32. The molecule has 0 aromatic heterocycles. The molecule has 0 saturated carbocycles. The number of hydrogen-bond acceptors (Lipinski definition) is 4. The van der Waals surface area contributed by atoms with Crippen LogP contribution in [0, 0.1) is 0 Å². The molecule has 1 fully saturated rings. The molecule has 0 aliphatic carbocycles. The standard InChI is InChI=1S/C22H23BrN2O4/c23-17-3-1-2-16(13-17)22(8-10-28-11-9-22)25-21(27)14-29-18-5-6-19-15(12-18)4-7-20(26)24-19/h1-3,5-6,12-13H,4,7-11,14H2,(H,24,26)(H,25,27). The van der Waals surface area contributed by atoms with Crippen LogP contribution in [0.15, 0.2) is 46.9 Å². The van der Waals surface area contributed by atoms with Gasteiger partial charge in [-0.05, 0) is 60.7 Å². The molecule has 0 atom stereocenters. The largest absolute Gasteiger partial charge is 0.484 e. The molecule has 2 aromatic rings. The van der Waals surface area contributed by atoms with E-state index in [1.165, 1.54) is 0 Å². The molecule has 2 aliphatic rings. The minimum Gasteiger partial charge on any atom is -0.484 e.